The van der Waals surface area contributed by atoms with E-state index in [0.717, 1.165) is 12.8 Å². The Hall–Kier alpha value is -1.77. The number of amides is 1. The number of carbonyl (C=O) groups excluding carboxylic acids is 1. The lowest BCUT2D eigenvalue weighted by Crippen LogP contribution is -2.17. The zero-order chi connectivity index (χ0) is 12.7. The molecular formula is C9H10BrN7O. The second-order valence-corrected chi connectivity index (χ2v) is 4.99. The number of nitrogens with one attached hydrogen (secondary N) is 1. The van der Waals surface area contributed by atoms with Crippen molar-refractivity contribution in [2.45, 2.75) is 18.9 Å². The van der Waals surface area contributed by atoms with E-state index in [9.17, 15) is 4.79 Å². The zero-order valence-corrected chi connectivity index (χ0v) is 11.1. The molecule has 2 aromatic heterocycles. The van der Waals surface area contributed by atoms with Crippen molar-refractivity contribution in [3.63, 3.8) is 0 Å². The summed E-state index contributed by atoms with van der Waals surface area (Å²) in [6, 6.07) is 0.308. The van der Waals surface area contributed by atoms with E-state index in [1.807, 2.05) is 0 Å². The molecule has 0 saturated heterocycles. The Balaban J connectivity index is 1.81. The summed E-state index contributed by atoms with van der Waals surface area (Å²) in [7, 11) is 1.75. The molecule has 2 aromatic rings. The highest BCUT2D eigenvalue weighted by Gasteiger charge is 2.29. The molecule has 1 amide bonds. The lowest BCUT2D eigenvalue weighted by Gasteiger charge is -2.03. The molecule has 94 valence electrons. The minimum absolute atomic E-state index is 0.308. The Morgan fingerprint density at radius 1 is 1.56 bits per heavy atom. The number of rotatable bonds is 3. The molecule has 0 radical (unpaired) electrons. The maximum Gasteiger partial charge on any atom is 0.279 e. The van der Waals surface area contributed by atoms with Crippen molar-refractivity contribution in [3.8, 4) is 0 Å². The van der Waals surface area contributed by atoms with E-state index in [-0.39, 0.29) is 5.91 Å². The van der Waals surface area contributed by atoms with Gasteiger partial charge in [-0.25, -0.2) is 4.68 Å². The lowest BCUT2D eigenvalue weighted by molar-refractivity contribution is 0.101. The highest BCUT2D eigenvalue weighted by Crippen LogP contribution is 2.35. The van der Waals surface area contributed by atoms with Gasteiger partial charge in [-0.15, -0.1) is 0 Å². The van der Waals surface area contributed by atoms with Gasteiger partial charge < -0.3 is 0 Å². The standard InChI is InChI=1S/C9H10BrN7O/c1-16-4-6(10)7(13-16)8(18)11-9-12-14-15-17(9)5-2-3-5/h4-5H,2-3H2,1H3,(H,11,12,15,18). The van der Waals surface area contributed by atoms with Crippen LogP contribution >= 0.6 is 15.9 Å². The number of hydrogen-bond acceptors (Lipinski definition) is 5. The number of tetrazole rings is 1. The van der Waals surface area contributed by atoms with Crippen LogP contribution in [0.15, 0.2) is 10.7 Å². The zero-order valence-electron chi connectivity index (χ0n) is 9.54. The summed E-state index contributed by atoms with van der Waals surface area (Å²) in [5.74, 6) is 0.0271. The Labute approximate surface area is 110 Å². The van der Waals surface area contributed by atoms with E-state index in [1.165, 1.54) is 0 Å². The van der Waals surface area contributed by atoms with Gasteiger partial charge in [-0.2, -0.15) is 5.10 Å². The van der Waals surface area contributed by atoms with Crippen LogP contribution in [0.3, 0.4) is 0 Å². The van der Waals surface area contributed by atoms with Gasteiger partial charge in [0.05, 0.1) is 10.5 Å². The number of aromatic nitrogens is 6. The van der Waals surface area contributed by atoms with Crippen LogP contribution in [0, 0.1) is 0 Å². The maximum atomic E-state index is 12.0. The van der Waals surface area contributed by atoms with E-state index in [4.69, 9.17) is 0 Å². The summed E-state index contributed by atoms with van der Waals surface area (Å²) < 4.78 is 3.82. The molecule has 1 N–H and O–H groups in total. The smallest absolute Gasteiger partial charge is 0.279 e. The third-order valence-corrected chi connectivity index (χ3v) is 3.19. The molecule has 0 unspecified atom stereocenters. The Bertz CT molecular complexity index is 600. The molecule has 18 heavy (non-hydrogen) atoms. The molecule has 0 spiro atoms. The van der Waals surface area contributed by atoms with E-state index >= 15 is 0 Å². The van der Waals surface area contributed by atoms with Crippen LogP contribution in [0.25, 0.3) is 0 Å². The SMILES string of the molecule is Cn1cc(Br)c(C(=O)Nc2nnnn2C2CC2)n1. The predicted molar refractivity (Wildman–Crippen MR) is 64.9 cm³/mol. The monoisotopic (exact) mass is 311 g/mol. The minimum atomic E-state index is -0.334. The molecule has 9 heteroatoms. The first-order valence-electron chi connectivity index (χ1n) is 5.43. The number of nitrogens with zero attached hydrogens (tertiary/aromatic N) is 6. The number of aryl methyl sites for hydroxylation is 1. The number of carbonyl (C=O) groups is 1. The Kier molecular flexibility index (Phi) is 2.62. The molecule has 1 saturated carbocycles. The van der Waals surface area contributed by atoms with Gasteiger partial charge in [0.25, 0.3) is 5.91 Å². The van der Waals surface area contributed by atoms with E-state index in [0.29, 0.717) is 22.2 Å². The molecule has 1 fully saturated rings. The first-order valence-corrected chi connectivity index (χ1v) is 6.23. The molecule has 0 bridgehead atoms. The highest BCUT2D eigenvalue weighted by molar-refractivity contribution is 9.10. The van der Waals surface area contributed by atoms with Crippen molar-refractivity contribution < 1.29 is 4.79 Å². The molecule has 2 heterocycles. The first kappa shape index (κ1) is 11.3. The van der Waals surface area contributed by atoms with Crippen LogP contribution in [0.2, 0.25) is 0 Å². The third kappa shape index (κ3) is 2.01. The van der Waals surface area contributed by atoms with Crippen molar-refractivity contribution in [2.75, 3.05) is 5.32 Å². The van der Waals surface area contributed by atoms with Gasteiger partial charge >= 0.3 is 0 Å². The topological polar surface area (TPSA) is 90.5 Å². The van der Waals surface area contributed by atoms with Gasteiger partial charge in [-0.1, -0.05) is 5.10 Å². The van der Waals surface area contributed by atoms with Crippen LogP contribution < -0.4 is 5.32 Å². The third-order valence-electron chi connectivity index (χ3n) is 2.61. The average Bonchev–Trinajstić information content (AvgIpc) is 2.97. The van der Waals surface area contributed by atoms with Crippen molar-refractivity contribution in [1.29, 1.82) is 0 Å². The minimum Gasteiger partial charge on any atom is -0.288 e. The van der Waals surface area contributed by atoms with Crippen LogP contribution in [0.4, 0.5) is 5.95 Å². The molecular weight excluding hydrogens is 302 g/mol. The average molecular weight is 312 g/mol. The van der Waals surface area contributed by atoms with E-state index in [1.54, 1.807) is 22.6 Å². The number of anilines is 1. The molecule has 0 aromatic carbocycles. The summed E-state index contributed by atoms with van der Waals surface area (Å²) in [4.78, 5) is 12.0. The molecule has 0 aliphatic heterocycles. The summed E-state index contributed by atoms with van der Waals surface area (Å²) in [6.07, 6.45) is 3.79. The van der Waals surface area contributed by atoms with Gasteiger partial charge in [-0.3, -0.25) is 14.8 Å². The summed E-state index contributed by atoms with van der Waals surface area (Å²) >= 11 is 3.28. The summed E-state index contributed by atoms with van der Waals surface area (Å²) in [5, 5.41) is 17.9. The highest BCUT2D eigenvalue weighted by atomic mass is 79.9. The number of hydrogen-bond donors (Lipinski definition) is 1. The lowest BCUT2D eigenvalue weighted by atomic mass is 10.4. The van der Waals surface area contributed by atoms with Crippen molar-refractivity contribution in [1.82, 2.24) is 30.0 Å². The Morgan fingerprint density at radius 3 is 2.94 bits per heavy atom. The van der Waals surface area contributed by atoms with Crippen molar-refractivity contribution in [3.05, 3.63) is 16.4 Å². The summed E-state index contributed by atoms with van der Waals surface area (Å²) in [5.41, 5.74) is 0.308. The molecule has 1 aliphatic rings. The summed E-state index contributed by atoms with van der Waals surface area (Å²) in [6.45, 7) is 0. The first-order chi connectivity index (χ1) is 8.65. The van der Waals surface area contributed by atoms with Crippen LogP contribution in [-0.4, -0.2) is 35.9 Å². The van der Waals surface area contributed by atoms with Crippen LogP contribution in [0.1, 0.15) is 29.4 Å². The largest absolute Gasteiger partial charge is 0.288 e. The molecule has 8 nitrogen and oxygen atoms in total. The fourth-order valence-electron chi connectivity index (χ4n) is 1.62. The maximum absolute atomic E-state index is 12.0. The molecule has 3 rings (SSSR count). The second kappa shape index (κ2) is 4.16. The fourth-order valence-corrected chi connectivity index (χ4v) is 2.17. The Morgan fingerprint density at radius 2 is 2.33 bits per heavy atom. The van der Waals surface area contributed by atoms with Gasteiger partial charge in [0.15, 0.2) is 5.69 Å². The van der Waals surface area contributed by atoms with Crippen LogP contribution in [-0.2, 0) is 7.05 Å². The second-order valence-electron chi connectivity index (χ2n) is 4.13. The van der Waals surface area contributed by atoms with E-state index in [2.05, 4.69) is 41.9 Å². The molecule has 1 aliphatic carbocycles. The van der Waals surface area contributed by atoms with Gasteiger partial charge in [0, 0.05) is 13.2 Å². The fraction of sp³-hybridized carbons (Fsp3) is 0.444. The van der Waals surface area contributed by atoms with Crippen molar-refractivity contribution in [2.24, 2.45) is 7.05 Å². The van der Waals surface area contributed by atoms with Crippen LogP contribution in [0.5, 0.6) is 0 Å². The predicted octanol–water partition coefficient (Wildman–Crippen LogP) is 0.756. The van der Waals surface area contributed by atoms with Gasteiger partial charge in [-0.05, 0) is 39.2 Å². The van der Waals surface area contributed by atoms with Crippen molar-refractivity contribution >= 4 is 27.8 Å². The normalized spacial score (nSPS) is 14.8. The molecule has 0 atom stereocenters. The number of halogens is 1. The van der Waals surface area contributed by atoms with E-state index < -0.39 is 0 Å². The van der Waals surface area contributed by atoms with Gasteiger partial charge in [0.2, 0.25) is 5.95 Å². The quantitative estimate of drug-likeness (QED) is 0.903. The van der Waals surface area contributed by atoms with Gasteiger partial charge in [0.1, 0.15) is 0 Å².